The topological polar surface area (TPSA) is 61.4 Å². The van der Waals surface area contributed by atoms with Gasteiger partial charge in [0.1, 0.15) is 5.41 Å². The van der Waals surface area contributed by atoms with Gasteiger partial charge in [-0.15, -0.1) is 0 Å². The van der Waals surface area contributed by atoms with E-state index in [1.165, 1.54) is 0 Å². The molecular weight excluding hydrogens is 302 g/mol. The molecule has 1 fully saturated rings. The quantitative estimate of drug-likeness (QED) is 0.787. The molecule has 1 saturated carbocycles. The van der Waals surface area contributed by atoms with Crippen LogP contribution in [0.15, 0.2) is 24.3 Å². The molecule has 0 saturated heterocycles. The van der Waals surface area contributed by atoms with Crippen LogP contribution in [0.5, 0.6) is 0 Å². The Morgan fingerprint density at radius 3 is 2.00 bits per heavy atom. The van der Waals surface area contributed by atoms with Crippen LogP contribution in [-0.2, 0) is 9.59 Å². The van der Waals surface area contributed by atoms with Gasteiger partial charge in [0.05, 0.1) is 0 Å². The van der Waals surface area contributed by atoms with Gasteiger partial charge in [-0.3, -0.25) is 9.59 Å². The standard InChI is InChI=1S/C19H29N3O2/c1-6-22(7-2)15-10-8-14(9-11-15)20-16(23)19(12-13-19)17(24)21-18(3,4)5/h8-11H,6-7,12-13H2,1-5H3,(H,20,23)(H,21,24). The monoisotopic (exact) mass is 331 g/mol. The maximum atomic E-state index is 12.6. The van der Waals surface area contributed by atoms with Gasteiger partial charge in [-0.2, -0.15) is 0 Å². The third kappa shape index (κ3) is 4.08. The van der Waals surface area contributed by atoms with Crippen LogP contribution >= 0.6 is 0 Å². The summed E-state index contributed by atoms with van der Waals surface area (Å²) in [6.07, 6.45) is 1.22. The molecule has 1 aliphatic rings. The molecule has 1 aliphatic carbocycles. The first-order valence-corrected chi connectivity index (χ1v) is 8.71. The lowest BCUT2D eigenvalue weighted by Gasteiger charge is -2.24. The zero-order chi connectivity index (χ0) is 18.0. The van der Waals surface area contributed by atoms with Crippen molar-refractivity contribution in [3.8, 4) is 0 Å². The van der Waals surface area contributed by atoms with Gasteiger partial charge >= 0.3 is 0 Å². The Labute approximate surface area is 144 Å². The van der Waals surface area contributed by atoms with Crippen molar-refractivity contribution in [2.75, 3.05) is 23.3 Å². The lowest BCUT2D eigenvalue weighted by molar-refractivity contribution is -0.135. The van der Waals surface area contributed by atoms with Crippen LogP contribution in [0.4, 0.5) is 11.4 Å². The van der Waals surface area contributed by atoms with Crippen LogP contribution in [0.1, 0.15) is 47.5 Å². The Hall–Kier alpha value is -2.04. The highest BCUT2D eigenvalue weighted by atomic mass is 16.2. The fraction of sp³-hybridized carbons (Fsp3) is 0.579. The minimum Gasteiger partial charge on any atom is -0.372 e. The van der Waals surface area contributed by atoms with Gasteiger partial charge in [-0.1, -0.05) is 0 Å². The average Bonchev–Trinajstić information content (AvgIpc) is 3.30. The molecule has 0 heterocycles. The highest BCUT2D eigenvalue weighted by molar-refractivity contribution is 6.13. The number of amides is 2. The molecule has 0 aromatic heterocycles. The molecular formula is C19H29N3O2. The van der Waals surface area contributed by atoms with Gasteiger partial charge in [0, 0.05) is 30.0 Å². The summed E-state index contributed by atoms with van der Waals surface area (Å²) in [6, 6.07) is 7.78. The minimum atomic E-state index is -0.898. The van der Waals surface area contributed by atoms with E-state index in [2.05, 4.69) is 29.4 Å². The van der Waals surface area contributed by atoms with Gasteiger partial charge in [-0.25, -0.2) is 0 Å². The fourth-order valence-corrected chi connectivity index (χ4v) is 2.74. The molecule has 0 aliphatic heterocycles. The predicted octanol–water partition coefficient (Wildman–Crippen LogP) is 3.17. The molecule has 5 nitrogen and oxygen atoms in total. The van der Waals surface area contributed by atoms with Gasteiger partial charge < -0.3 is 15.5 Å². The van der Waals surface area contributed by atoms with E-state index < -0.39 is 5.41 Å². The van der Waals surface area contributed by atoms with E-state index in [-0.39, 0.29) is 17.4 Å². The fourth-order valence-electron chi connectivity index (χ4n) is 2.74. The summed E-state index contributed by atoms with van der Waals surface area (Å²) in [4.78, 5) is 27.2. The molecule has 0 bridgehead atoms. The number of anilines is 2. The number of carbonyl (C=O) groups is 2. The first kappa shape index (κ1) is 18.3. The van der Waals surface area contributed by atoms with Crippen molar-refractivity contribution in [1.82, 2.24) is 5.32 Å². The summed E-state index contributed by atoms with van der Waals surface area (Å²) in [5.41, 5.74) is 0.624. The smallest absolute Gasteiger partial charge is 0.240 e. The number of nitrogens with zero attached hydrogens (tertiary/aromatic N) is 1. The van der Waals surface area contributed by atoms with Crippen molar-refractivity contribution in [3.63, 3.8) is 0 Å². The summed E-state index contributed by atoms with van der Waals surface area (Å²) >= 11 is 0. The molecule has 24 heavy (non-hydrogen) atoms. The van der Waals surface area contributed by atoms with E-state index in [0.29, 0.717) is 12.8 Å². The molecule has 5 heteroatoms. The molecule has 0 radical (unpaired) electrons. The molecule has 0 spiro atoms. The van der Waals surface area contributed by atoms with Crippen molar-refractivity contribution in [2.24, 2.45) is 5.41 Å². The number of benzene rings is 1. The lowest BCUT2D eigenvalue weighted by atomic mass is 10.0. The summed E-state index contributed by atoms with van der Waals surface area (Å²) in [5, 5.41) is 5.82. The van der Waals surface area contributed by atoms with E-state index in [1.807, 2.05) is 45.0 Å². The van der Waals surface area contributed by atoms with Gasteiger partial charge in [0.25, 0.3) is 0 Å². The molecule has 2 rings (SSSR count). The Morgan fingerprint density at radius 1 is 1.04 bits per heavy atom. The normalized spacial score (nSPS) is 15.5. The number of hydrogen-bond acceptors (Lipinski definition) is 3. The summed E-state index contributed by atoms with van der Waals surface area (Å²) in [6.45, 7) is 11.9. The van der Waals surface area contributed by atoms with Gasteiger partial charge in [0.2, 0.25) is 11.8 Å². The predicted molar refractivity (Wildman–Crippen MR) is 98.2 cm³/mol. The second-order valence-corrected chi connectivity index (χ2v) is 7.46. The second-order valence-electron chi connectivity index (χ2n) is 7.46. The van der Waals surface area contributed by atoms with Crippen LogP contribution in [-0.4, -0.2) is 30.4 Å². The van der Waals surface area contributed by atoms with Crippen LogP contribution in [0.3, 0.4) is 0 Å². The van der Waals surface area contributed by atoms with Crippen molar-refractivity contribution in [3.05, 3.63) is 24.3 Å². The summed E-state index contributed by atoms with van der Waals surface area (Å²) < 4.78 is 0. The Balaban J connectivity index is 2.03. The van der Waals surface area contributed by atoms with Crippen LogP contribution in [0, 0.1) is 5.41 Å². The van der Waals surface area contributed by atoms with Crippen LogP contribution < -0.4 is 15.5 Å². The Kier molecular flexibility index (Phi) is 5.21. The number of carbonyl (C=O) groups excluding carboxylic acids is 2. The molecule has 0 atom stereocenters. The highest BCUT2D eigenvalue weighted by Gasteiger charge is 2.57. The molecule has 2 N–H and O–H groups in total. The lowest BCUT2D eigenvalue weighted by Crippen LogP contribution is -2.48. The van der Waals surface area contributed by atoms with E-state index in [1.54, 1.807) is 0 Å². The Bertz CT molecular complexity index is 594. The molecule has 1 aromatic rings. The molecule has 0 unspecified atom stereocenters. The SMILES string of the molecule is CCN(CC)c1ccc(NC(=O)C2(C(=O)NC(C)(C)C)CC2)cc1. The first-order valence-electron chi connectivity index (χ1n) is 8.71. The van der Waals surface area contributed by atoms with Crippen molar-refractivity contribution in [2.45, 2.75) is 53.0 Å². The molecule has 132 valence electrons. The zero-order valence-corrected chi connectivity index (χ0v) is 15.4. The molecule has 1 aromatic carbocycles. The van der Waals surface area contributed by atoms with Crippen LogP contribution in [0.2, 0.25) is 0 Å². The number of rotatable bonds is 6. The largest absolute Gasteiger partial charge is 0.372 e. The third-order valence-electron chi connectivity index (χ3n) is 4.36. The zero-order valence-electron chi connectivity index (χ0n) is 15.4. The van der Waals surface area contributed by atoms with Crippen LogP contribution in [0.25, 0.3) is 0 Å². The maximum Gasteiger partial charge on any atom is 0.240 e. The van der Waals surface area contributed by atoms with E-state index in [9.17, 15) is 9.59 Å². The highest BCUT2D eigenvalue weighted by Crippen LogP contribution is 2.47. The maximum absolute atomic E-state index is 12.6. The Morgan fingerprint density at radius 2 is 1.58 bits per heavy atom. The van der Waals surface area contributed by atoms with Crippen molar-refractivity contribution in [1.29, 1.82) is 0 Å². The number of nitrogens with one attached hydrogen (secondary N) is 2. The van der Waals surface area contributed by atoms with Gasteiger partial charge in [-0.05, 0) is 71.7 Å². The van der Waals surface area contributed by atoms with E-state index in [4.69, 9.17) is 0 Å². The van der Waals surface area contributed by atoms with Crippen molar-refractivity contribution >= 4 is 23.2 Å². The van der Waals surface area contributed by atoms with E-state index in [0.717, 1.165) is 24.5 Å². The average molecular weight is 331 g/mol. The minimum absolute atomic E-state index is 0.174. The number of hydrogen-bond donors (Lipinski definition) is 2. The van der Waals surface area contributed by atoms with E-state index >= 15 is 0 Å². The van der Waals surface area contributed by atoms with Crippen molar-refractivity contribution < 1.29 is 9.59 Å². The summed E-state index contributed by atoms with van der Waals surface area (Å²) in [5.74, 6) is -0.382. The molecule has 2 amide bonds. The first-order chi connectivity index (χ1) is 11.2. The second kappa shape index (κ2) is 6.83. The van der Waals surface area contributed by atoms with Gasteiger partial charge in [0.15, 0.2) is 0 Å². The third-order valence-corrected chi connectivity index (χ3v) is 4.36. The summed E-state index contributed by atoms with van der Waals surface area (Å²) in [7, 11) is 0.